The van der Waals surface area contributed by atoms with E-state index in [1.165, 1.54) is 17.6 Å². The van der Waals surface area contributed by atoms with Gasteiger partial charge in [-0.2, -0.15) is 11.8 Å². The van der Waals surface area contributed by atoms with Crippen molar-refractivity contribution >= 4 is 33.6 Å². The van der Waals surface area contributed by atoms with Crippen molar-refractivity contribution in [2.45, 2.75) is 12.8 Å². The van der Waals surface area contributed by atoms with Gasteiger partial charge in [-0.1, -0.05) is 0 Å². The molecule has 2 rings (SSSR count). The molecule has 0 atom stereocenters. The fourth-order valence-corrected chi connectivity index (χ4v) is 3.38. The highest BCUT2D eigenvalue weighted by Gasteiger charge is 2.15. The molecule has 5 heteroatoms. The number of hydrogen-bond donors (Lipinski definition) is 1. The number of hydrogen-bond acceptors (Lipinski definition) is 2. The van der Waals surface area contributed by atoms with Crippen molar-refractivity contribution in [3.05, 3.63) is 34.1 Å². The molecule has 0 saturated carbocycles. The molecule has 1 fully saturated rings. The molecule has 1 aromatic rings. The van der Waals surface area contributed by atoms with Gasteiger partial charge in [0.05, 0.1) is 4.47 Å². The predicted molar refractivity (Wildman–Crippen MR) is 76.5 cm³/mol. The zero-order valence-corrected chi connectivity index (χ0v) is 12.3. The Bertz CT molecular complexity index is 435. The smallest absolute Gasteiger partial charge is 0.251 e. The minimum atomic E-state index is -0.406. The number of halogens is 2. The van der Waals surface area contributed by atoms with Crippen LogP contribution in [-0.4, -0.2) is 24.0 Å². The minimum absolute atomic E-state index is 0.195. The maximum absolute atomic E-state index is 13.3. The topological polar surface area (TPSA) is 29.1 Å². The Kier molecular flexibility index (Phi) is 5.06. The van der Waals surface area contributed by atoms with E-state index < -0.39 is 5.82 Å². The van der Waals surface area contributed by atoms with Gasteiger partial charge in [0.1, 0.15) is 5.82 Å². The molecule has 0 unspecified atom stereocenters. The summed E-state index contributed by atoms with van der Waals surface area (Å²) in [6.45, 7) is 0.692. The molecule has 0 spiro atoms. The summed E-state index contributed by atoms with van der Waals surface area (Å²) in [6, 6.07) is 4.44. The lowest BCUT2D eigenvalue weighted by Crippen LogP contribution is -2.31. The second kappa shape index (κ2) is 6.57. The lowest BCUT2D eigenvalue weighted by atomic mass is 10.0. The van der Waals surface area contributed by atoms with Crippen LogP contribution in [0.1, 0.15) is 23.2 Å². The van der Waals surface area contributed by atoms with Crippen molar-refractivity contribution in [2.75, 3.05) is 18.1 Å². The van der Waals surface area contributed by atoms with Crippen LogP contribution < -0.4 is 5.32 Å². The molecule has 0 aromatic heterocycles. The number of rotatable bonds is 3. The van der Waals surface area contributed by atoms with E-state index in [2.05, 4.69) is 21.2 Å². The first-order valence-corrected chi connectivity index (χ1v) is 7.92. The van der Waals surface area contributed by atoms with Crippen LogP contribution in [0.5, 0.6) is 0 Å². The number of thioether (sulfide) groups is 1. The number of benzene rings is 1. The monoisotopic (exact) mass is 331 g/mol. The summed E-state index contributed by atoms with van der Waals surface area (Å²) in [7, 11) is 0. The third kappa shape index (κ3) is 3.72. The molecular weight excluding hydrogens is 317 g/mol. The van der Waals surface area contributed by atoms with Gasteiger partial charge in [-0.25, -0.2) is 4.39 Å². The predicted octanol–water partition coefficient (Wildman–Crippen LogP) is 3.46. The van der Waals surface area contributed by atoms with Crippen LogP contribution in [0.2, 0.25) is 0 Å². The Hall–Kier alpha value is -0.550. The number of nitrogens with one attached hydrogen (secondary N) is 1. The van der Waals surface area contributed by atoms with E-state index in [1.807, 2.05) is 11.8 Å². The first-order valence-electron chi connectivity index (χ1n) is 5.98. The molecule has 0 aliphatic carbocycles. The Labute approximate surface area is 119 Å². The zero-order chi connectivity index (χ0) is 13.0. The molecule has 1 aliphatic heterocycles. The Balaban J connectivity index is 1.88. The van der Waals surface area contributed by atoms with E-state index in [0.717, 1.165) is 12.8 Å². The van der Waals surface area contributed by atoms with Crippen molar-refractivity contribution in [3.63, 3.8) is 0 Å². The van der Waals surface area contributed by atoms with Crippen molar-refractivity contribution in [3.8, 4) is 0 Å². The fraction of sp³-hybridized carbons (Fsp3) is 0.462. The molecule has 1 heterocycles. The van der Waals surface area contributed by atoms with Gasteiger partial charge >= 0.3 is 0 Å². The zero-order valence-electron chi connectivity index (χ0n) is 9.92. The molecule has 0 radical (unpaired) electrons. The summed E-state index contributed by atoms with van der Waals surface area (Å²) >= 11 is 5.04. The largest absolute Gasteiger partial charge is 0.352 e. The molecule has 98 valence electrons. The third-order valence-corrected chi connectivity index (χ3v) is 4.77. The van der Waals surface area contributed by atoms with Crippen molar-refractivity contribution in [1.29, 1.82) is 0 Å². The molecule has 1 saturated heterocycles. The SMILES string of the molecule is O=C(NCC1CCSCC1)c1ccc(Br)c(F)c1. The quantitative estimate of drug-likeness (QED) is 0.918. The minimum Gasteiger partial charge on any atom is -0.352 e. The van der Waals surface area contributed by atoms with Crippen LogP contribution >= 0.6 is 27.7 Å². The van der Waals surface area contributed by atoms with Gasteiger partial charge < -0.3 is 5.32 Å². The van der Waals surface area contributed by atoms with Gasteiger partial charge in [0.15, 0.2) is 0 Å². The lowest BCUT2D eigenvalue weighted by molar-refractivity contribution is 0.0946. The molecule has 1 aliphatic rings. The Morgan fingerprint density at radius 2 is 2.17 bits per heavy atom. The number of carbonyl (C=O) groups excluding carboxylic acids is 1. The first-order chi connectivity index (χ1) is 8.66. The highest BCUT2D eigenvalue weighted by Crippen LogP contribution is 2.22. The molecule has 1 amide bonds. The standard InChI is InChI=1S/C13H15BrFNOS/c14-11-2-1-10(7-12(11)15)13(17)16-8-9-3-5-18-6-4-9/h1-2,7,9H,3-6,8H2,(H,16,17). The average Bonchev–Trinajstić information content (AvgIpc) is 2.40. The van der Waals surface area contributed by atoms with Crippen molar-refractivity contribution in [2.24, 2.45) is 5.92 Å². The summed E-state index contributed by atoms with van der Waals surface area (Å²) in [5, 5.41) is 2.89. The second-order valence-corrected chi connectivity index (χ2v) is 6.47. The van der Waals surface area contributed by atoms with E-state index in [4.69, 9.17) is 0 Å². The summed E-state index contributed by atoms with van der Waals surface area (Å²) in [4.78, 5) is 11.9. The maximum Gasteiger partial charge on any atom is 0.251 e. The number of amides is 1. The summed E-state index contributed by atoms with van der Waals surface area (Å²) in [6.07, 6.45) is 2.30. The van der Waals surface area contributed by atoms with E-state index >= 15 is 0 Å². The van der Waals surface area contributed by atoms with E-state index in [-0.39, 0.29) is 5.91 Å². The van der Waals surface area contributed by atoms with Crippen LogP contribution in [0.15, 0.2) is 22.7 Å². The molecule has 2 nitrogen and oxygen atoms in total. The second-order valence-electron chi connectivity index (χ2n) is 4.39. The lowest BCUT2D eigenvalue weighted by Gasteiger charge is -2.21. The van der Waals surface area contributed by atoms with Gasteiger partial charge in [-0.3, -0.25) is 4.79 Å². The van der Waals surface area contributed by atoms with Gasteiger partial charge in [0.25, 0.3) is 5.91 Å². The Morgan fingerprint density at radius 1 is 1.44 bits per heavy atom. The molecule has 1 N–H and O–H groups in total. The van der Waals surface area contributed by atoms with Gasteiger partial charge in [0.2, 0.25) is 0 Å². The van der Waals surface area contributed by atoms with Crippen molar-refractivity contribution < 1.29 is 9.18 Å². The van der Waals surface area contributed by atoms with Crippen LogP contribution in [0, 0.1) is 11.7 Å². The van der Waals surface area contributed by atoms with Crippen molar-refractivity contribution in [1.82, 2.24) is 5.32 Å². The van der Waals surface area contributed by atoms with Crippen LogP contribution in [0.3, 0.4) is 0 Å². The van der Waals surface area contributed by atoms with E-state index in [0.29, 0.717) is 22.5 Å². The van der Waals surface area contributed by atoms with Crippen LogP contribution in [0.25, 0.3) is 0 Å². The molecule has 1 aromatic carbocycles. The molecular formula is C13H15BrFNOS. The van der Waals surface area contributed by atoms with E-state index in [9.17, 15) is 9.18 Å². The summed E-state index contributed by atoms with van der Waals surface area (Å²) < 4.78 is 13.7. The van der Waals surface area contributed by atoms with Crippen LogP contribution in [0.4, 0.5) is 4.39 Å². The Morgan fingerprint density at radius 3 is 2.83 bits per heavy atom. The highest BCUT2D eigenvalue weighted by molar-refractivity contribution is 9.10. The van der Waals surface area contributed by atoms with Crippen LogP contribution in [-0.2, 0) is 0 Å². The average molecular weight is 332 g/mol. The summed E-state index contributed by atoms with van der Waals surface area (Å²) in [5.74, 6) is 2.31. The molecule has 18 heavy (non-hydrogen) atoms. The van der Waals surface area contributed by atoms with Gasteiger partial charge in [-0.05, 0) is 64.4 Å². The van der Waals surface area contributed by atoms with E-state index in [1.54, 1.807) is 12.1 Å². The summed E-state index contributed by atoms with van der Waals surface area (Å²) in [5.41, 5.74) is 0.376. The van der Waals surface area contributed by atoms with Gasteiger partial charge in [0, 0.05) is 12.1 Å². The maximum atomic E-state index is 13.3. The normalized spacial score (nSPS) is 16.6. The third-order valence-electron chi connectivity index (χ3n) is 3.07. The van der Waals surface area contributed by atoms with Gasteiger partial charge in [-0.15, -0.1) is 0 Å². The molecule has 0 bridgehead atoms. The highest BCUT2D eigenvalue weighted by atomic mass is 79.9. The number of carbonyl (C=O) groups is 1. The first kappa shape index (κ1) is 13.9. The fourth-order valence-electron chi connectivity index (χ4n) is 1.93.